The fraction of sp³-hybridized carbons (Fsp3) is 1.00. The van der Waals surface area contributed by atoms with Crippen molar-refractivity contribution in [2.45, 2.75) is 71.1 Å². The molecule has 1 unspecified atom stereocenters. The Morgan fingerprint density at radius 3 is 2.40 bits per heavy atom. The molecule has 1 nitrogen and oxygen atoms in total. The Labute approximate surface area is 95.3 Å². The third-order valence-electron chi connectivity index (χ3n) is 3.96. The highest BCUT2D eigenvalue weighted by Gasteiger charge is 2.23. The Kier molecular flexibility index (Phi) is 7.08. The topological polar surface area (TPSA) is 20.2 Å². The normalized spacial score (nSPS) is 19.6. The molecule has 0 amide bonds. The molecule has 0 aliphatic heterocycles. The molecule has 90 valence electrons. The van der Waals surface area contributed by atoms with E-state index in [1.807, 2.05) is 0 Å². The van der Waals surface area contributed by atoms with Crippen LogP contribution in [0.25, 0.3) is 0 Å². The summed E-state index contributed by atoms with van der Waals surface area (Å²) in [6, 6.07) is 0. The van der Waals surface area contributed by atoms with Crippen LogP contribution in [0.1, 0.15) is 71.1 Å². The number of hydrogen-bond donors (Lipinski definition) is 1. The minimum Gasteiger partial charge on any atom is -0.396 e. The maximum Gasteiger partial charge on any atom is 0.0431 e. The predicted octanol–water partition coefficient (Wildman–Crippen LogP) is 4.15. The van der Waals surface area contributed by atoms with Crippen molar-refractivity contribution >= 4 is 0 Å². The molecule has 0 aromatic rings. The maximum atomic E-state index is 8.75. The quantitative estimate of drug-likeness (QED) is 0.599. The fourth-order valence-corrected chi connectivity index (χ4v) is 3.11. The molecule has 1 aliphatic rings. The molecular weight excluding hydrogens is 184 g/mol. The standard InChI is InChI=1S/C14H28O/c1-2-8-13(9-4-3-7-12-15)14-10-5-6-11-14/h13-15H,2-12H2,1H3. The van der Waals surface area contributed by atoms with Gasteiger partial charge in [-0.2, -0.15) is 0 Å². The summed E-state index contributed by atoms with van der Waals surface area (Å²) < 4.78 is 0. The van der Waals surface area contributed by atoms with E-state index in [0.29, 0.717) is 6.61 Å². The molecule has 1 heteroatoms. The van der Waals surface area contributed by atoms with Crippen LogP contribution in [0.4, 0.5) is 0 Å². The molecule has 0 spiro atoms. The Hall–Kier alpha value is -0.0400. The Morgan fingerprint density at radius 2 is 1.80 bits per heavy atom. The van der Waals surface area contributed by atoms with Crippen LogP contribution in [0.3, 0.4) is 0 Å². The van der Waals surface area contributed by atoms with Crippen LogP contribution >= 0.6 is 0 Å². The third kappa shape index (κ3) is 5.01. The average Bonchev–Trinajstić information content (AvgIpc) is 2.76. The minimum absolute atomic E-state index is 0.377. The highest BCUT2D eigenvalue weighted by molar-refractivity contribution is 4.75. The van der Waals surface area contributed by atoms with E-state index < -0.39 is 0 Å². The molecule has 0 heterocycles. The lowest BCUT2D eigenvalue weighted by atomic mass is 9.83. The van der Waals surface area contributed by atoms with Crippen molar-refractivity contribution in [1.29, 1.82) is 0 Å². The van der Waals surface area contributed by atoms with Gasteiger partial charge in [0.15, 0.2) is 0 Å². The molecular formula is C14H28O. The van der Waals surface area contributed by atoms with E-state index in [1.165, 1.54) is 57.8 Å². The van der Waals surface area contributed by atoms with Crippen LogP contribution in [0.5, 0.6) is 0 Å². The van der Waals surface area contributed by atoms with E-state index in [2.05, 4.69) is 6.92 Å². The highest BCUT2D eigenvalue weighted by atomic mass is 16.2. The molecule has 0 radical (unpaired) electrons. The van der Waals surface area contributed by atoms with Crippen LogP contribution in [0, 0.1) is 11.8 Å². The molecule has 1 saturated carbocycles. The third-order valence-corrected chi connectivity index (χ3v) is 3.96. The van der Waals surface area contributed by atoms with E-state index in [4.69, 9.17) is 5.11 Å². The first-order valence-electron chi connectivity index (χ1n) is 6.99. The second kappa shape index (κ2) is 8.15. The Morgan fingerprint density at radius 1 is 1.07 bits per heavy atom. The van der Waals surface area contributed by atoms with Gasteiger partial charge in [-0.1, -0.05) is 64.7 Å². The molecule has 15 heavy (non-hydrogen) atoms. The van der Waals surface area contributed by atoms with Crippen molar-refractivity contribution < 1.29 is 5.11 Å². The summed E-state index contributed by atoms with van der Waals surface area (Å²) in [6.45, 7) is 2.69. The summed E-state index contributed by atoms with van der Waals surface area (Å²) in [5.41, 5.74) is 0. The predicted molar refractivity (Wildman–Crippen MR) is 65.9 cm³/mol. The second-order valence-corrected chi connectivity index (χ2v) is 5.17. The van der Waals surface area contributed by atoms with Gasteiger partial charge in [-0.15, -0.1) is 0 Å². The summed E-state index contributed by atoms with van der Waals surface area (Å²) in [5, 5.41) is 8.75. The smallest absolute Gasteiger partial charge is 0.0431 e. The molecule has 1 fully saturated rings. The highest BCUT2D eigenvalue weighted by Crippen LogP contribution is 2.36. The van der Waals surface area contributed by atoms with Crippen molar-refractivity contribution in [1.82, 2.24) is 0 Å². The van der Waals surface area contributed by atoms with E-state index in [9.17, 15) is 0 Å². The molecule has 1 aliphatic carbocycles. The second-order valence-electron chi connectivity index (χ2n) is 5.17. The van der Waals surface area contributed by atoms with Gasteiger partial charge >= 0.3 is 0 Å². The number of aliphatic hydroxyl groups is 1. The first kappa shape index (κ1) is 13.0. The van der Waals surface area contributed by atoms with Crippen LogP contribution in [-0.2, 0) is 0 Å². The SMILES string of the molecule is CCCC(CCCCCO)C1CCCC1. The van der Waals surface area contributed by atoms with Crippen molar-refractivity contribution in [2.24, 2.45) is 11.8 Å². The molecule has 0 aromatic heterocycles. The van der Waals surface area contributed by atoms with Gasteiger partial charge < -0.3 is 5.11 Å². The lowest BCUT2D eigenvalue weighted by molar-refractivity contribution is 0.264. The van der Waals surface area contributed by atoms with E-state index in [0.717, 1.165) is 18.3 Å². The Balaban J connectivity index is 2.17. The maximum absolute atomic E-state index is 8.75. The Bertz CT molecular complexity index is 138. The van der Waals surface area contributed by atoms with Gasteiger partial charge in [0.05, 0.1) is 0 Å². The lowest BCUT2D eigenvalue weighted by Gasteiger charge is -2.22. The first-order valence-corrected chi connectivity index (χ1v) is 6.99. The summed E-state index contributed by atoms with van der Waals surface area (Å²) in [7, 11) is 0. The molecule has 0 bridgehead atoms. The van der Waals surface area contributed by atoms with Gasteiger partial charge in [0.1, 0.15) is 0 Å². The van der Waals surface area contributed by atoms with Gasteiger partial charge in [-0.3, -0.25) is 0 Å². The summed E-state index contributed by atoms with van der Waals surface area (Å²) in [6.07, 6.45) is 13.7. The zero-order valence-electron chi connectivity index (χ0n) is 10.4. The average molecular weight is 212 g/mol. The zero-order chi connectivity index (χ0) is 10.9. The van der Waals surface area contributed by atoms with Crippen molar-refractivity contribution in [3.05, 3.63) is 0 Å². The zero-order valence-corrected chi connectivity index (χ0v) is 10.4. The van der Waals surface area contributed by atoms with Crippen molar-refractivity contribution in [2.75, 3.05) is 6.61 Å². The lowest BCUT2D eigenvalue weighted by Crippen LogP contribution is -2.11. The van der Waals surface area contributed by atoms with Gasteiger partial charge in [-0.05, 0) is 18.3 Å². The monoisotopic (exact) mass is 212 g/mol. The number of hydrogen-bond acceptors (Lipinski definition) is 1. The largest absolute Gasteiger partial charge is 0.396 e. The van der Waals surface area contributed by atoms with Crippen LogP contribution in [-0.4, -0.2) is 11.7 Å². The summed E-state index contributed by atoms with van der Waals surface area (Å²) in [4.78, 5) is 0. The molecule has 0 saturated heterocycles. The summed E-state index contributed by atoms with van der Waals surface area (Å²) in [5.74, 6) is 2.04. The van der Waals surface area contributed by atoms with Crippen LogP contribution in [0.2, 0.25) is 0 Å². The number of unbranched alkanes of at least 4 members (excludes halogenated alkanes) is 2. The van der Waals surface area contributed by atoms with Crippen molar-refractivity contribution in [3.8, 4) is 0 Å². The van der Waals surface area contributed by atoms with Gasteiger partial charge in [0.25, 0.3) is 0 Å². The van der Waals surface area contributed by atoms with Gasteiger partial charge in [0, 0.05) is 6.61 Å². The van der Waals surface area contributed by atoms with E-state index in [-0.39, 0.29) is 0 Å². The van der Waals surface area contributed by atoms with Gasteiger partial charge in [0.2, 0.25) is 0 Å². The minimum atomic E-state index is 0.377. The molecule has 0 aromatic carbocycles. The number of rotatable bonds is 8. The molecule has 1 rings (SSSR count). The number of aliphatic hydroxyl groups excluding tert-OH is 1. The van der Waals surface area contributed by atoms with Crippen LogP contribution < -0.4 is 0 Å². The molecule has 1 atom stereocenters. The van der Waals surface area contributed by atoms with Gasteiger partial charge in [-0.25, -0.2) is 0 Å². The first-order chi connectivity index (χ1) is 7.38. The summed E-state index contributed by atoms with van der Waals surface area (Å²) >= 11 is 0. The van der Waals surface area contributed by atoms with Crippen LogP contribution in [0.15, 0.2) is 0 Å². The van der Waals surface area contributed by atoms with E-state index >= 15 is 0 Å². The molecule has 1 N–H and O–H groups in total. The fourth-order valence-electron chi connectivity index (χ4n) is 3.11. The van der Waals surface area contributed by atoms with Crippen molar-refractivity contribution in [3.63, 3.8) is 0 Å². The van der Waals surface area contributed by atoms with E-state index in [1.54, 1.807) is 0 Å².